The number of alkyl halides is 6. The van der Waals surface area contributed by atoms with E-state index >= 15 is 0 Å². The van der Waals surface area contributed by atoms with Gasteiger partial charge in [-0.1, -0.05) is 44.6 Å². The summed E-state index contributed by atoms with van der Waals surface area (Å²) in [5.74, 6) is -0.0412. The molecule has 4 aliphatic rings. The van der Waals surface area contributed by atoms with Crippen LogP contribution in [-0.2, 0) is 23.6 Å². The Morgan fingerprint density at radius 1 is 0.625 bits per heavy atom. The number of fused-ring (bicyclic) bond motifs is 8. The first kappa shape index (κ1) is 52.7. The molecule has 2 saturated heterocycles. The number of nitrogens with zero attached hydrogens (tertiary/aromatic N) is 5. The second kappa shape index (κ2) is 19.8. The Kier molecular flexibility index (Phi) is 14.5. The molecule has 0 aliphatic carbocycles. The van der Waals surface area contributed by atoms with Crippen LogP contribution >= 0.6 is 23.2 Å². The number of hydrogen-bond donors (Lipinski definition) is 0. The number of carbonyl (C=O) groups excluding carboxylic acids is 3. The van der Waals surface area contributed by atoms with Crippen molar-refractivity contribution in [3.05, 3.63) is 158 Å². The lowest BCUT2D eigenvalue weighted by molar-refractivity contribution is -0.139. The first-order valence-corrected chi connectivity index (χ1v) is 22.4. The molecule has 2 aromatic heterocycles. The predicted molar refractivity (Wildman–Crippen MR) is 258 cm³/mol. The molecular weight excluding hydrogens is 991 g/mol. The Labute approximate surface area is 421 Å². The minimum absolute atomic E-state index is 0. The third-order valence-electron chi connectivity index (χ3n) is 13.1. The smallest absolute Gasteiger partial charge is 0.419 e. The zero-order valence-corrected chi connectivity index (χ0v) is 38.6. The van der Waals surface area contributed by atoms with Crippen molar-refractivity contribution in [3.63, 3.8) is 0 Å². The zero-order valence-electron chi connectivity index (χ0n) is 37.1. The third-order valence-corrected chi connectivity index (χ3v) is 13.6. The quantitative estimate of drug-likeness (QED) is 0.0961. The number of aldehydes is 1. The SMILES string of the molecule is C.C.COc1cc(C(=O)N2CCC3(CC2)Oc2cc(Cl)ccc2-n2c(C=O)ccc23)ccc1C(F)(F)F.[C-]#[N+]c1ccc2n1-c1ccc(Cl)cc1OC21CCN(C(=O)c2ccc(C(F)(F)F)c(OC)c2)CC1. The van der Waals surface area contributed by atoms with Gasteiger partial charge in [0, 0.05) is 85.2 Å². The summed E-state index contributed by atoms with van der Waals surface area (Å²) < 4.78 is 105. The van der Waals surface area contributed by atoms with Gasteiger partial charge in [-0.25, -0.2) is 0 Å². The summed E-state index contributed by atoms with van der Waals surface area (Å²) in [6, 6.07) is 23.9. The van der Waals surface area contributed by atoms with Crippen LogP contribution in [0.15, 0.2) is 97.1 Å². The van der Waals surface area contributed by atoms with Crippen molar-refractivity contribution in [2.75, 3.05) is 40.4 Å². The van der Waals surface area contributed by atoms with Gasteiger partial charge in [-0.15, -0.1) is 0 Å². The van der Waals surface area contributed by atoms with Crippen molar-refractivity contribution in [2.24, 2.45) is 0 Å². The second-order valence-electron chi connectivity index (χ2n) is 16.9. The summed E-state index contributed by atoms with van der Waals surface area (Å²) in [5, 5.41) is 0.994. The number of ether oxygens (including phenoxy) is 4. The second-order valence-corrected chi connectivity index (χ2v) is 17.8. The first-order chi connectivity index (χ1) is 33.3. The molecule has 2 spiro atoms. The molecule has 72 heavy (non-hydrogen) atoms. The lowest BCUT2D eigenvalue weighted by Gasteiger charge is -2.45. The van der Waals surface area contributed by atoms with E-state index in [4.69, 9.17) is 48.7 Å². The first-order valence-electron chi connectivity index (χ1n) is 21.7. The Balaban J connectivity index is 0.000000206. The van der Waals surface area contributed by atoms with Crippen molar-refractivity contribution < 1.29 is 59.7 Å². The van der Waals surface area contributed by atoms with Gasteiger partial charge in [-0.05, 0) is 84.9 Å². The number of benzene rings is 4. The van der Waals surface area contributed by atoms with Crippen LogP contribution in [0.5, 0.6) is 23.0 Å². The molecular formula is C52H47Cl2F6N5O7. The van der Waals surface area contributed by atoms with Crippen LogP contribution in [0.3, 0.4) is 0 Å². The number of carbonyl (C=O) groups is 3. The van der Waals surface area contributed by atoms with E-state index in [9.17, 15) is 40.7 Å². The van der Waals surface area contributed by atoms with Crippen LogP contribution in [0, 0.1) is 6.57 Å². The summed E-state index contributed by atoms with van der Waals surface area (Å²) in [6.07, 6.45) is -6.68. The van der Waals surface area contributed by atoms with Gasteiger partial charge in [0.25, 0.3) is 11.8 Å². The molecule has 0 saturated carbocycles. The Morgan fingerprint density at radius 2 is 1.04 bits per heavy atom. The van der Waals surface area contributed by atoms with E-state index in [1.807, 2.05) is 21.3 Å². The molecule has 0 atom stereocenters. The Bertz CT molecular complexity index is 3110. The fourth-order valence-corrected chi connectivity index (χ4v) is 9.99. The van der Waals surface area contributed by atoms with Crippen molar-refractivity contribution in [2.45, 2.75) is 64.1 Å². The van der Waals surface area contributed by atoms with Crippen LogP contribution in [-0.4, -0.2) is 77.4 Å². The maximum atomic E-state index is 13.2. The highest BCUT2D eigenvalue weighted by molar-refractivity contribution is 6.31. The van der Waals surface area contributed by atoms with Crippen LogP contribution in [0.1, 0.15) is 94.3 Å². The highest BCUT2D eigenvalue weighted by Crippen LogP contribution is 2.50. The molecule has 0 radical (unpaired) electrons. The van der Waals surface area contributed by atoms with Gasteiger partial charge in [0.1, 0.15) is 22.9 Å². The maximum Gasteiger partial charge on any atom is 0.419 e. The Hall–Kier alpha value is -7.10. The van der Waals surface area contributed by atoms with Gasteiger partial charge < -0.3 is 38.2 Å². The van der Waals surface area contributed by atoms with Crippen LogP contribution < -0.4 is 18.9 Å². The molecule has 378 valence electrons. The summed E-state index contributed by atoms with van der Waals surface area (Å²) in [5.41, 5.74) is 0.334. The van der Waals surface area contributed by atoms with Gasteiger partial charge in [0.2, 0.25) is 5.82 Å². The van der Waals surface area contributed by atoms with Gasteiger partial charge in [0.05, 0.1) is 42.4 Å². The standard InChI is InChI=1S/C25H19ClF3N3O3.C25H20ClF3N2O4.2CH4/c1-30-22-8-7-21-24(35-20-14-16(26)4-6-18(20)32(21)22)9-11-31(12-10-24)23(33)15-3-5-17(25(27,28)29)19(13-15)34-2;1-34-20-12-15(2-5-18(20)25(27,28)29)23(33)30-10-8-24(9-11-30)22-7-4-17(14-32)31(22)19-6-3-16(26)13-21(19)35-24;;/h3-8,13-14H,9-12H2,2H3;2-7,12-14H,8-11H2,1H3;2*1H4. The van der Waals surface area contributed by atoms with Gasteiger partial charge in [-0.3, -0.25) is 19.0 Å². The number of piperidine rings is 2. The van der Waals surface area contributed by atoms with Gasteiger partial charge >= 0.3 is 12.4 Å². The summed E-state index contributed by atoms with van der Waals surface area (Å²) in [7, 11) is 2.27. The fraction of sp³-hybridized carbons (Fsp3) is 0.308. The van der Waals surface area contributed by atoms with E-state index in [0.29, 0.717) is 90.6 Å². The van der Waals surface area contributed by atoms with Crippen LogP contribution in [0.4, 0.5) is 32.2 Å². The van der Waals surface area contributed by atoms with E-state index in [1.54, 1.807) is 58.3 Å². The molecule has 2 amide bonds. The summed E-state index contributed by atoms with van der Waals surface area (Å²) >= 11 is 12.4. The van der Waals surface area contributed by atoms with Crippen molar-refractivity contribution >= 4 is 47.1 Å². The lowest BCUT2D eigenvalue weighted by Crippen LogP contribution is -2.50. The number of methoxy groups -OCH3 is 2. The van der Waals surface area contributed by atoms with Crippen molar-refractivity contribution in [1.82, 2.24) is 18.9 Å². The Morgan fingerprint density at radius 3 is 1.44 bits per heavy atom. The molecule has 0 unspecified atom stereocenters. The molecule has 2 fully saturated rings. The molecule has 0 bridgehead atoms. The number of amides is 2. The minimum atomic E-state index is -4.59. The molecule has 10 rings (SSSR count). The predicted octanol–water partition coefficient (Wildman–Crippen LogP) is 13.0. The van der Waals surface area contributed by atoms with E-state index in [0.717, 1.165) is 67.9 Å². The lowest BCUT2D eigenvalue weighted by atomic mass is 9.86. The van der Waals surface area contributed by atoms with Gasteiger partial charge in [0.15, 0.2) is 28.9 Å². The molecule has 6 heterocycles. The molecule has 6 aromatic rings. The van der Waals surface area contributed by atoms with E-state index in [1.165, 1.54) is 6.07 Å². The average Bonchev–Trinajstić information content (AvgIpc) is 4.00. The molecule has 4 aromatic carbocycles. The number of halogens is 8. The van der Waals surface area contributed by atoms with Crippen LogP contribution in [0.25, 0.3) is 16.2 Å². The number of hydrogen-bond acceptors (Lipinski definition) is 7. The molecule has 20 heteroatoms. The molecule has 4 aliphatic heterocycles. The maximum absolute atomic E-state index is 13.2. The third kappa shape index (κ3) is 9.31. The minimum Gasteiger partial charge on any atom is -0.496 e. The zero-order chi connectivity index (χ0) is 49.9. The van der Waals surface area contributed by atoms with Crippen molar-refractivity contribution in [3.8, 4) is 34.4 Å². The molecule has 12 nitrogen and oxygen atoms in total. The number of likely N-dealkylation sites (tertiary alicyclic amines) is 2. The monoisotopic (exact) mass is 1040 g/mol. The highest BCUT2D eigenvalue weighted by Gasteiger charge is 2.49. The van der Waals surface area contributed by atoms with E-state index < -0.39 is 52.1 Å². The fourth-order valence-electron chi connectivity index (χ4n) is 9.67. The van der Waals surface area contributed by atoms with Gasteiger partial charge in [-0.2, -0.15) is 26.3 Å². The van der Waals surface area contributed by atoms with E-state index in [-0.39, 0.29) is 31.9 Å². The number of rotatable bonds is 5. The summed E-state index contributed by atoms with van der Waals surface area (Å²) in [6.45, 7) is 8.80. The van der Waals surface area contributed by atoms with Crippen LogP contribution in [0.2, 0.25) is 10.0 Å². The normalized spacial score (nSPS) is 15.8. The highest BCUT2D eigenvalue weighted by atomic mass is 35.5. The largest absolute Gasteiger partial charge is 0.496 e. The number of aromatic nitrogens is 2. The topological polar surface area (TPSA) is 109 Å². The summed E-state index contributed by atoms with van der Waals surface area (Å²) in [4.78, 5) is 44.8. The van der Waals surface area contributed by atoms with E-state index in [2.05, 4.69) is 4.85 Å². The van der Waals surface area contributed by atoms with Crippen molar-refractivity contribution in [1.29, 1.82) is 0 Å². The average molecular weight is 1040 g/mol. The molecule has 0 N–H and O–H groups in total.